The molecule has 3 heterocycles. The first-order valence-electron chi connectivity index (χ1n) is 12.0. The number of aromatic nitrogens is 4. The van der Waals surface area contributed by atoms with Crippen LogP contribution in [-0.4, -0.2) is 31.2 Å². The van der Waals surface area contributed by atoms with Gasteiger partial charge in [0.25, 0.3) is 0 Å². The number of aliphatic carboxylic acids is 1. The fourth-order valence-corrected chi connectivity index (χ4v) is 5.64. The van der Waals surface area contributed by atoms with Gasteiger partial charge < -0.3 is 10.8 Å². The van der Waals surface area contributed by atoms with E-state index < -0.39 is 11.8 Å². The molecule has 0 aliphatic heterocycles. The average molecular weight is 519 g/mol. The number of nitrogens with one attached hydrogen (secondary N) is 1. The molecule has 4 N–H and O–H groups in total. The predicted molar refractivity (Wildman–Crippen MR) is 138 cm³/mol. The molecule has 4 aromatic rings. The average Bonchev–Trinajstić information content (AvgIpc) is 3.34. The van der Waals surface area contributed by atoms with Gasteiger partial charge in [0.15, 0.2) is 17.3 Å². The van der Waals surface area contributed by atoms with E-state index in [4.69, 9.17) is 22.4 Å². The van der Waals surface area contributed by atoms with Gasteiger partial charge in [0.1, 0.15) is 11.8 Å². The summed E-state index contributed by atoms with van der Waals surface area (Å²) >= 11 is 6.02. The number of nitrogens with two attached hydrogens (primary N) is 1. The molecule has 3 aromatic heterocycles. The molecule has 0 saturated heterocycles. The van der Waals surface area contributed by atoms with Gasteiger partial charge in [-0.25, -0.2) is 14.4 Å². The number of pyridine rings is 2. The molecule has 10 heteroatoms. The second-order valence-electron chi connectivity index (χ2n) is 9.47. The monoisotopic (exact) mass is 518 g/mol. The number of rotatable bonds is 3. The zero-order valence-electron chi connectivity index (χ0n) is 19.8. The summed E-state index contributed by atoms with van der Waals surface area (Å²) in [6.45, 7) is 0. The molecule has 0 radical (unpaired) electrons. The molecule has 3 saturated carbocycles. The summed E-state index contributed by atoms with van der Waals surface area (Å²) in [7, 11) is 0. The number of nitriles is 1. The van der Waals surface area contributed by atoms with Crippen molar-refractivity contribution >= 4 is 34.4 Å². The second-order valence-corrected chi connectivity index (χ2v) is 9.91. The van der Waals surface area contributed by atoms with Gasteiger partial charge in [-0.2, -0.15) is 10.4 Å². The molecule has 1 atom stereocenters. The van der Waals surface area contributed by atoms with Gasteiger partial charge in [0.05, 0.1) is 22.2 Å². The molecular weight excluding hydrogens is 495 g/mol. The van der Waals surface area contributed by atoms with Crippen LogP contribution in [0.5, 0.6) is 0 Å². The van der Waals surface area contributed by atoms with E-state index in [1.807, 2.05) is 6.07 Å². The third-order valence-corrected chi connectivity index (χ3v) is 7.52. The van der Waals surface area contributed by atoms with Gasteiger partial charge in [-0.1, -0.05) is 54.8 Å². The maximum absolute atomic E-state index is 14.7. The Labute approximate surface area is 217 Å². The van der Waals surface area contributed by atoms with Crippen molar-refractivity contribution in [1.82, 2.24) is 20.2 Å². The zero-order valence-corrected chi connectivity index (χ0v) is 20.5. The number of hydrogen-bond donors (Lipinski definition) is 3. The lowest BCUT2D eigenvalue weighted by Crippen LogP contribution is -2.35. The Kier molecular flexibility index (Phi) is 6.76. The van der Waals surface area contributed by atoms with Crippen molar-refractivity contribution in [2.45, 2.75) is 32.1 Å². The Morgan fingerprint density at radius 1 is 1.22 bits per heavy atom. The van der Waals surface area contributed by atoms with Gasteiger partial charge >= 0.3 is 5.97 Å². The number of H-pyrrole nitrogens is 1. The Morgan fingerprint density at radius 3 is 2.54 bits per heavy atom. The summed E-state index contributed by atoms with van der Waals surface area (Å²) in [5.74, 6) is -0.354. The van der Waals surface area contributed by atoms with Crippen LogP contribution in [0, 0.1) is 34.9 Å². The number of hydrogen-bond acceptors (Lipinski definition) is 6. The quantitative estimate of drug-likeness (QED) is 0.309. The van der Waals surface area contributed by atoms with Crippen LogP contribution in [0.25, 0.3) is 33.5 Å². The molecule has 8 nitrogen and oxygen atoms in total. The highest BCUT2D eigenvalue weighted by molar-refractivity contribution is 6.31. The van der Waals surface area contributed by atoms with E-state index in [1.165, 1.54) is 31.9 Å². The first-order valence-corrected chi connectivity index (χ1v) is 12.4. The number of benzene rings is 1. The highest BCUT2D eigenvalue weighted by Crippen LogP contribution is 2.45. The lowest BCUT2D eigenvalue weighted by molar-refractivity contribution is -0.147. The Balaban J connectivity index is 0.000000212. The third-order valence-electron chi connectivity index (χ3n) is 7.32. The smallest absolute Gasteiger partial charge is 0.306 e. The number of aromatic amines is 1. The molecule has 1 unspecified atom stereocenters. The summed E-state index contributed by atoms with van der Waals surface area (Å²) in [5, 5.41) is 26.4. The molecule has 3 aliphatic rings. The van der Waals surface area contributed by atoms with Crippen molar-refractivity contribution in [1.29, 1.82) is 5.26 Å². The molecule has 1 aromatic carbocycles. The Bertz CT molecular complexity index is 1510. The van der Waals surface area contributed by atoms with Crippen molar-refractivity contribution in [2.24, 2.45) is 17.8 Å². The largest absolute Gasteiger partial charge is 0.481 e. The van der Waals surface area contributed by atoms with E-state index in [0.29, 0.717) is 33.2 Å². The molecule has 3 fully saturated rings. The number of anilines is 1. The first kappa shape index (κ1) is 24.7. The lowest BCUT2D eigenvalue weighted by atomic mass is 9.65. The standard InChI is InChI=1S/C18H10ClFN6.C9H14O2/c19-10-6-11-16(25-26-18(11)23-8-10)15-12(7-21)13(14(20)17(22)24-15)9-4-2-1-3-5-9;10-9(11)8-5-6-1-3-7(8)4-2-6/h1-6,8H,(H2,22,24)(H,23,25,26);6-8H,1-5H2,(H,10,11). The van der Waals surface area contributed by atoms with Crippen LogP contribution < -0.4 is 5.73 Å². The van der Waals surface area contributed by atoms with E-state index in [-0.39, 0.29) is 28.6 Å². The van der Waals surface area contributed by atoms with Crippen LogP contribution in [0.4, 0.5) is 10.2 Å². The first-order chi connectivity index (χ1) is 17.9. The maximum Gasteiger partial charge on any atom is 0.306 e. The summed E-state index contributed by atoms with van der Waals surface area (Å²) in [6, 6.07) is 12.4. The fraction of sp³-hybridized carbons (Fsp3) is 0.296. The van der Waals surface area contributed by atoms with Crippen molar-refractivity contribution < 1.29 is 14.3 Å². The molecule has 0 amide bonds. The third kappa shape index (κ3) is 4.72. The number of carbonyl (C=O) groups is 1. The fourth-order valence-electron chi connectivity index (χ4n) is 5.48. The van der Waals surface area contributed by atoms with Crippen LogP contribution in [0.1, 0.15) is 37.7 Å². The molecule has 2 bridgehead atoms. The summed E-state index contributed by atoms with van der Waals surface area (Å²) in [5.41, 5.74) is 7.45. The van der Waals surface area contributed by atoms with E-state index in [9.17, 15) is 14.4 Å². The van der Waals surface area contributed by atoms with Crippen molar-refractivity contribution in [2.75, 3.05) is 5.73 Å². The highest BCUT2D eigenvalue weighted by atomic mass is 35.5. The highest BCUT2D eigenvalue weighted by Gasteiger charge is 2.39. The van der Waals surface area contributed by atoms with E-state index >= 15 is 0 Å². The minimum atomic E-state index is -0.739. The number of nitrogen functional groups attached to an aromatic ring is 1. The van der Waals surface area contributed by atoms with Crippen LogP contribution in [-0.2, 0) is 4.79 Å². The van der Waals surface area contributed by atoms with Gasteiger partial charge in [-0.15, -0.1) is 0 Å². The van der Waals surface area contributed by atoms with Crippen molar-refractivity contribution in [3.05, 3.63) is 59.0 Å². The Morgan fingerprint density at radius 2 is 1.95 bits per heavy atom. The topological polar surface area (TPSA) is 142 Å². The summed E-state index contributed by atoms with van der Waals surface area (Å²) in [6.07, 6.45) is 7.33. The Hall–Kier alpha value is -4.03. The van der Waals surface area contributed by atoms with Crippen molar-refractivity contribution in [3.8, 4) is 28.6 Å². The summed E-state index contributed by atoms with van der Waals surface area (Å²) in [4.78, 5) is 18.9. The SMILES string of the molecule is N#Cc1c(-c2[nH]nc3ncc(Cl)cc23)nc(N)c(F)c1-c1ccccc1.O=C(O)C1CC2CCC1CC2. The molecule has 3 aliphatic carbocycles. The number of halogens is 2. The van der Waals surface area contributed by atoms with Crippen molar-refractivity contribution in [3.63, 3.8) is 0 Å². The second kappa shape index (κ2) is 10.1. The number of carboxylic acid groups (broad SMARTS) is 1. The molecule has 7 rings (SSSR count). The molecule has 188 valence electrons. The van der Waals surface area contributed by atoms with Crippen LogP contribution in [0.3, 0.4) is 0 Å². The lowest BCUT2D eigenvalue weighted by Gasteiger charge is -2.40. The number of nitrogens with zero attached hydrogens (tertiary/aromatic N) is 4. The van der Waals surface area contributed by atoms with Gasteiger partial charge in [0, 0.05) is 17.1 Å². The molecule has 37 heavy (non-hydrogen) atoms. The van der Waals surface area contributed by atoms with E-state index in [2.05, 4.69) is 20.2 Å². The minimum Gasteiger partial charge on any atom is -0.481 e. The number of carboxylic acids is 1. The van der Waals surface area contributed by atoms with Crippen LogP contribution in [0.2, 0.25) is 5.02 Å². The van der Waals surface area contributed by atoms with Gasteiger partial charge in [-0.05, 0) is 42.7 Å². The molecular formula is C27H24ClFN6O2. The number of fused-ring (bicyclic) bond motifs is 4. The summed E-state index contributed by atoms with van der Waals surface area (Å²) < 4.78 is 14.7. The maximum atomic E-state index is 14.7. The van der Waals surface area contributed by atoms with Gasteiger partial charge in [-0.3, -0.25) is 9.89 Å². The van der Waals surface area contributed by atoms with Gasteiger partial charge in [0.2, 0.25) is 0 Å². The predicted octanol–water partition coefficient (Wildman–Crippen LogP) is 5.83. The minimum absolute atomic E-state index is 0.00231. The van der Waals surface area contributed by atoms with Crippen LogP contribution >= 0.6 is 11.6 Å². The molecule has 0 spiro atoms. The van der Waals surface area contributed by atoms with E-state index in [1.54, 1.807) is 36.4 Å². The van der Waals surface area contributed by atoms with E-state index in [0.717, 1.165) is 12.3 Å². The van der Waals surface area contributed by atoms with Crippen LogP contribution in [0.15, 0.2) is 42.6 Å². The zero-order chi connectivity index (χ0) is 26.1. The normalized spacial score (nSPS) is 20.2.